The minimum absolute atomic E-state index is 0.276. The maximum absolute atomic E-state index is 5.53. The molecule has 2 aromatic carbocycles. The van der Waals surface area contributed by atoms with Crippen LogP contribution in [0.1, 0.15) is 16.7 Å². The van der Waals surface area contributed by atoms with Crippen molar-refractivity contribution < 1.29 is 18.9 Å². The fourth-order valence-corrected chi connectivity index (χ4v) is 3.02. The van der Waals surface area contributed by atoms with E-state index in [2.05, 4.69) is 5.32 Å². The van der Waals surface area contributed by atoms with Crippen LogP contribution in [0.3, 0.4) is 0 Å². The van der Waals surface area contributed by atoms with Crippen LogP contribution in [0.5, 0.6) is 23.0 Å². The number of methoxy groups -OCH3 is 2. The summed E-state index contributed by atoms with van der Waals surface area (Å²) in [7, 11) is 5.24. The van der Waals surface area contributed by atoms with Gasteiger partial charge in [0, 0.05) is 20.1 Å². The second-order valence-electron chi connectivity index (χ2n) is 6.34. The van der Waals surface area contributed by atoms with Gasteiger partial charge in [0.05, 0.1) is 14.2 Å². The Balaban J connectivity index is 1.61. The van der Waals surface area contributed by atoms with Gasteiger partial charge in [0.1, 0.15) is 0 Å². The number of aryl methyl sites for hydroxylation is 1. The molecule has 0 aromatic heterocycles. The summed E-state index contributed by atoms with van der Waals surface area (Å²) in [6, 6.07) is 9.85. The van der Waals surface area contributed by atoms with E-state index in [1.807, 2.05) is 49.2 Å². The Morgan fingerprint density at radius 2 is 1.81 bits per heavy atom. The number of hydrogen-bond donors (Lipinski definition) is 1. The highest BCUT2D eigenvalue weighted by Crippen LogP contribution is 2.32. The largest absolute Gasteiger partial charge is 0.493 e. The molecule has 7 heteroatoms. The molecule has 6 nitrogen and oxygen atoms in total. The number of rotatable bonds is 6. The van der Waals surface area contributed by atoms with E-state index < -0.39 is 0 Å². The van der Waals surface area contributed by atoms with Crippen molar-refractivity contribution in [1.29, 1.82) is 0 Å². The number of nitrogens with one attached hydrogen (secondary N) is 1. The molecular weight excluding hydrogens is 364 g/mol. The zero-order chi connectivity index (χ0) is 19.4. The number of ether oxygens (including phenoxy) is 4. The summed E-state index contributed by atoms with van der Waals surface area (Å²) in [6.07, 6.45) is 0. The highest BCUT2D eigenvalue weighted by molar-refractivity contribution is 7.80. The first kappa shape index (κ1) is 19.1. The Kier molecular flexibility index (Phi) is 5.91. The second kappa shape index (κ2) is 8.35. The number of benzene rings is 2. The molecule has 2 aromatic rings. The van der Waals surface area contributed by atoms with Crippen LogP contribution in [-0.4, -0.2) is 38.1 Å². The highest BCUT2D eigenvalue weighted by atomic mass is 32.1. The molecule has 0 amide bonds. The molecule has 1 aliphatic heterocycles. The second-order valence-corrected chi connectivity index (χ2v) is 6.72. The Morgan fingerprint density at radius 3 is 2.56 bits per heavy atom. The van der Waals surface area contributed by atoms with Crippen LogP contribution in [0.4, 0.5) is 0 Å². The average molecular weight is 388 g/mol. The summed E-state index contributed by atoms with van der Waals surface area (Å²) in [4.78, 5) is 2.00. The first-order valence-corrected chi connectivity index (χ1v) is 9.01. The minimum Gasteiger partial charge on any atom is -0.493 e. The van der Waals surface area contributed by atoms with Gasteiger partial charge in [-0.05, 0) is 60.1 Å². The van der Waals surface area contributed by atoms with Crippen molar-refractivity contribution in [3.05, 3.63) is 47.0 Å². The summed E-state index contributed by atoms with van der Waals surface area (Å²) >= 11 is 5.53. The molecule has 0 unspecified atom stereocenters. The average Bonchev–Trinajstić information content (AvgIpc) is 3.14. The standard InChI is InChI=1S/C20H24N2O4S/c1-13-7-17(23-3)18(24-4)9-15(13)11-22(2)20(27)21-10-14-5-6-16-19(8-14)26-12-25-16/h5-9H,10-12H2,1-4H3,(H,21,27). The topological polar surface area (TPSA) is 52.2 Å². The third-order valence-electron chi connectivity index (χ3n) is 4.48. The van der Waals surface area contributed by atoms with Gasteiger partial charge in [-0.2, -0.15) is 0 Å². The van der Waals surface area contributed by atoms with Crippen LogP contribution in [0, 0.1) is 6.92 Å². The normalized spacial score (nSPS) is 11.9. The van der Waals surface area contributed by atoms with E-state index in [0.29, 0.717) is 24.0 Å². The van der Waals surface area contributed by atoms with E-state index in [1.54, 1.807) is 14.2 Å². The molecule has 1 aliphatic rings. The molecule has 27 heavy (non-hydrogen) atoms. The molecule has 3 rings (SSSR count). The number of thiocarbonyl (C=S) groups is 1. The third-order valence-corrected chi connectivity index (χ3v) is 4.93. The van der Waals surface area contributed by atoms with Crippen molar-refractivity contribution in [3.63, 3.8) is 0 Å². The molecule has 0 bridgehead atoms. The monoisotopic (exact) mass is 388 g/mol. The lowest BCUT2D eigenvalue weighted by molar-refractivity contribution is 0.174. The Morgan fingerprint density at radius 1 is 1.11 bits per heavy atom. The van der Waals surface area contributed by atoms with Gasteiger partial charge < -0.3 is 29.2 Å². The Hall–Kier alpha value is -2.67. The van der Waals surface area contributed by atoms with E-state index in [1.165, 1.54) is 0 Å². The zero-order valence-corrected chi connectivity index (χ0v) is 16.8. The molecule has 1 heterocycles. The van der Waals surface area contributed by atoms with Gasteiger partial charge in [-0.3, -0.25) is 0 Å². The fraction of sp³-hybridized carbons (Fsp3) is 0.350. The van der Waals surface area contributed by atoms with Gasteiger partial charge in [-0.1, -0.05) is 6.07 Å². The number of hydrogen-bond acceptors (Lipinski definition) is 5. The first-order chi connectivity index (χ1) is 13.0. The molecule has 0 saturated heterocycles. The van der Waals surface area contributed by atoms with Crippen molar-refractivity contribution in [1.82, 2.24) is 10.2 Å². The van der Waals surface area contributed by atoms with E-state index >= 15 is 0 Å². The quantitative estimate of drug-likeness (QED) is 0.763. The van der Waals surface area contributed by atoms with Crippen molar-refractivity contribution >= 4 is 17.3 Å². The highest BCUT2D eigenvalue weighted by Gasteiger charge is 2.14. The summed E-state index contributed by atoms with van der Waals surface area (Å²) in [5, 5.41) is 3.95. The van der Waals surface area contributed by atoms with Gasteiger partial charge in [-0.25, -0.2) is 0 Å². The molecule has 0 spiro atoms. The van der Waals surface area contributed by atoms with Crippen molar-refractivity contribution in [3.8, 4) is 23.0 Å². The van der Waals surface area contributed by atoms with Gasteiger partial charge in [0.15, 0.2) is 28.1 Å². The van der Waals surface area contributed by atoms with E-state index in [-0.39, 0.29) is 6.79 Å². The van der Waals surface area contributed by atoms with E-state index in [9.17, 15) is 0 Å². The van der Waals surface area contributed by atoms with Gasteiger partial charge in [0.2, 0.25) is 6.79 Å². The Bertz CT molecular complexity index is 841. The summed E-state index contributed by atoms with van der Waals surface area (Å²) in [6.45, 7) is 3.61. The van der Waals surface area contributed by atoms with Gasteiger partial charge in [-0.15, -0.1) is 0 Å². The van der Waals surface area contributed by atoms with E-state index in [0.717, 1.165) is 33.9 Å². The van der Waals surface area contributed by atoms with Gasteiger partial charge in [0.25, 0.3) is 0 Å². The number of fused-ring (bicyclic) bond motifs is 1. The fourth-order valence-electron chi connectivity index (χ4n) is 2.88. The maximum Gasteiger partial charge on any atom is 0.231 e. The van der Waals surface area contributed by atoms with Crippen LogP contribution < -0.4 is 24.3 Å². The van der Waals surface area contributed by atoms with Crippen LogP contribution in [0.25, 0.3) is 0 Å². The van der Waals surface area contributed by atoms with Crippen LogP contribution in [0.2, 0.25) is 0 Å². The lowest BCUT2D eigenvalue weighted by Crippen LogP contribution is -2.36. The smallest absolute Gasteiger partial charge is 0.231 e. The maximum atomic E-state index is 5.53. The zero-order valence-electron chi connectivity index (χ0n) is 16.0. The predicted molar refractivity (Wildman–Crippen MR) is 108 cm³/mol. The summed E-state index contributed by atoms with van der Waals surface area (Å²) in [5.74, 6) is 2.99. The molecule has 1 N–H and O–H groups in total. The predicted octanol–water partition coefficient (Wildman–Crippen LogP) is 3.25. The Labute approximate surface area is 165 Å². The van der Waals surface area contributed by atoms with Crippen molar-refractivity contribution in [2.75, 3.05) is 28.1 Å². The van der Waals surface area contributed by atoms with Crippen molar-refractivity contribution in [2.45, 2.75) is 20.0 Å². The lowest BCUT2D eigenvalue weighted by Gasteiger charge is -2.23. The summed E-state index contributed by atoms with van der Waals surface area (Å²) in [5.41, 5.74) is 3.33. The van der Waals surface area contributed by atoms with E-state index in [4.69, 9.17) is 31.2 Å². The molecule has 0 radical (unpaired) electrons. The molecule has 0 atom stereocenters. The molecule has 144 valence electrons. The minimum atomic E-state index is 0.276. The van der Waals surface area contributed by atoms with Gasteiger partial charge >= 0.3 is 0 Å². The SMILES string of the molecule is COc1cc(C)c(CN(C)C(=S)NCc2ccc3c(c2)OCO3)cc1OC. The van der Waals surface area contributed by atoms with Crippen LogP contribution >= 0.6 is 12.2 Å². The van der Waals surface area contributed by atoms with Crippen LogP contribution in [0.15, 0.2) is 30.3 Å². The molecular formula is C20H24N2O4S. The summed E-state index contributed by atoms with van der Waals surface area (Å²) < 4.78 is 21.5. The molecule has 0 aliphatic carbocycles. The first-order valence-electron chi connectivity index (χ1n) is 8.60. The van der Waals surface area contributed by atoms with Crippen LogP contribution in [-0.2, 0) is 13.1 Å². The number of nitrogens with zero attached hydrogens (tertiary/aromatic N) is 1. The molecule has 0 saturated carbocycles. The lowest BCUT2D eigenvalue weighted by atomic mass is 10.1. The third kappa shape index (κ3) is 4.36. The van der Waals surface area contributed by atoms with Crippen molar-refractivity contribution in [2.24, 2.45) is 0 Å². The molecule has 0 fully saturated rings.